The number of carboxylic acids is 3. The molecule has 2 aliphatic rings. The number of hydrogen-bond donors (Lipinski definition) is 23. The summed E-state index contributed by atoms with van der Waals surface area (Å²) in [5.74, 6) is -13.0. The number of benzene rings is 6. The molecule has 3 aromatic heterocycles. The normalized spacial score (nSPS) is 15.7. The Kier molecular flexibility index (Phi) is 39.9. The van der Waals surface area contributed by atoms with Crippen LogP contribution in [0.5, 0.6) is 0 Å². The molecule has 6 aromatic carbocycles. The van der Waals surface area contributed by atoms with Crippen molar-refractivity contribution in [3.63, 3.8) is 0 Å². The number of rotatable bonds is 48. The Balaban J connectivity index is 0.870. The Labute approximate surface area is 815 Å². The van der Waals surface area contributed by atoms with E-state index in [1.54, 1.807) is 160 Å². The molecule has 26 N–H and O–H groups in total. The number of fused-ring (bicyclic) bond motifs is 3. The molecule has 2 saturated heterocycles. The first-order valence-corrected chi connectivity index (χ1v) is 47.7. The van der Waals surface area contributed by atoms with E-state index in [-0.39, 0.29) is 161 Å². The summed E-state index contributed by atoms with van der Waals surface area (Å²) >= 11 is 1.31. The Morgan fingerprint density at radius 2 is 0.851 bits per heavy atom. The molecule has 0 bridgehead atoms. The number of imidazole rings is 1. The zero-order chi connectivity index (χ0) is 101. The molecule has 44 nitrogen and oxygen atoms in total. The number of hydrazine groups is 1. The molecule has 750 valence electrons. The van der Waals surface area contributed by atoms with Crippen LogP contribution in [-0.4, -0.2) is 325 Å². The smallest absolute Gasteiger partial charge is 0.330 e. The van der Waals surface area contributed by atoms with Crippen LogP contribution in [0.3, 0.4) is 0 Å². The summed E-state index contributed by atoms with van der Waals surface area (Å²) in [6.07, 6.45) is 6.67. The zero-order valence-corrected chi connectivity index (χ0v) is 78.8. The van der Waals surface area contributed by atoms with E-state index >= 15 is 38.4 Å². The number of para-hydroxylation sites is 2. The first-order chi connectivity index (χ1) is 67.8. The number of nitrogens with zero attached hydrogens (tertiary/aromatic N) is 6. The number of urea groups is 1. The average Bonchev–Trinajstić information content (AvgIpc) is 1.67. The highest BCUT2D eigenvalue weighted by atomic mass is 32.2. The second-order valence-electron chi connectivity index (χ2n) is 34.6. The fourth-order valence-electron chi connectivity index (χ4n) is 17.1. The SMILES string of the molecule is CSCC[C@H](NC(=O)[C@H](Cc1c[nH]c2ccccc12)NC(=O)[C@H](CCCNC(=N)N)NC(=O)C(Cc1cccc2ccccc12)NC(=O)CN1CCN(CC(=O)O)CCN(CC(=O)O)CCN(CC(=O)O)CC1)C(=O)N[C@@H](Cc1cnc[nH]1)C(=O)N[C@H](CCCNC(=N)N)C(=O)N[C@@H](Cc1c[nH]c2ccccc12)C(=O)N[C@@H](Cc1ccc(C(=O)c2ccccc2)cc1)C(=O)N1CCC[C@H]1C(=O)NNC(N)=O. The molecule has 45 heteroatoms. The average molecular weight is 1960 g/mol. The van der Waals surface area contributed by atoms with E-state index in [2.05, 4.69) is 78.5 Å². The van der Waals surface area contributed by atoms with Crippen molar-refractivity contribution < 1.29 is 87.2 Å². The van der Waals surface area contributed by atoms with Crippen LogP contribution in [0.2, 0.25) is 0 Å². The number of guanidine groups is 2. The molecule has 0 aliphatic carbocycles. The molecule has 12 amide bonds. The Morgan fingerprint density at radius 1 is 0.433 bits per heavy atom. The Bertz CT molecular complexity index is 5850. The van der Waals surface area contributed by atoms with Crippen LogP contribution >= 0.6 is 11.8 Å². The minimum atomic E-state index is -1.61. The molecule has 1 unspecified atom stereocenters. The number of carbonyl (C=O) groups excluding carboxylic acids is 12. The van der Waals surface area contributed by atoms with Gasteiger partial charge >= 0.3 is 23.9 Å². The number of amides is 12. The monoisotopic (exact) mass is 1960 g/mol. The van der Waals surface area contributed by atoms with Crippen LogP contribution in [0.4, 0.5) is 4.79 Å². The number of aliphatic carboxylic acids is 3. The molecule has 0 saturated carbocycles. The van der Waals surface area contributed by atoms with E-state index in [9.17, 15) is 48.9 Å². The molecule has 2 fully saturated rings. The van der Waals surface area contributed by atoms with Crippen molar-refractivity contribution >= 4 is 145 Å². The first kappa shape index (κ1) is 106. The van der Waals surface area contributed by atoms with E-state index in [0.29, 0.717) is 67.3 Å². The number of likely N-dealkylation sites (tertiary alicyclic amines) is 1. The predicted octanol–water partition coefficient (Wildman–Crippen LogP) is -0.406. The van der Waals surface area contributed by atoms with E-state index in [0.717, 1.165) is 10.8 Å². The molecule has 9 aromatic rings. The largest absolute Gasteiger partial charge is 0.480 e. The number of thioether (sulfide) groups is 1. The van der Waals surface area contributed by atoms with Crippen molar-refractivity contribution in [3.05, 3.63) is 210 Å². The maximum atomic E-state index is 15.7. The molecule has 0 radical (unpaired) electrons. The van der Waals surface area contributed by atoms with Gasteiger partial charge in [0.2, 0.25) is 53.2 Å². The lowest BCUT2D eigenvalue weighted by Gasteiger charge is -2.33. The molecule has 9 atom stereocenters. The Morgan fingerprint density at radius 3 is 1.33 bits per heavy atom. The van der Waals surface area contributed by atoms with Crippen molar-refractivity contribution in [2.45, 2.75) is 131 Å². The van der Waals surface area contributed by atoms with Gasteiger partial charge in [0.25, 0.3) is 5.91 Å². The summed E-state index contributed by atoms with van der Waals surface area (Å²) in [6, 6.07) is 27.4. The third kappa shape index (κ3) is 32.6. The van der Waals surface area contributed by atoms with Crippen molar-refractivity contribution in [2.24, 2.45) is 17.2 Å². The number of H-pyrrole nitrogens is 3. The van der Waals surface area contributed by atoms with Crippen LogP contribution < -0.4 is 81.2 Å². The van der Waals surface area contributed by atoms with Crippen molar-refractivity contribution in [1.82, 2.24) is 108 Å². The summed E-state index contributed by atoms with van der Waals surface area (Å²) in [6.45, 7) is -0.923. The fourth-order valence-corrected chi connectivity index (χ4v) is 17.6. The summed E-state index contributed by atoms with van der Waals surface area (Å²) in [4.78, 5) is 236. The van der Waals surface area contributed by atoms with Crippen LogP contribution in [0.25, 0.3) is 32.6 Å². The minimum absolute atomic E-state index is 0.00840. The third-order valence-corrected chi connectivity index (χ3v) is 25.0. The van der Waals surface area contributed by atoms with Gasteiger partial charge in [0.15, 0.2) is 17.7 Å². The number of nitrogens with one attached hydrogen (secondary N) is 17. The lowest BCUT2D eigenvalue weighted by molar-refractivity contribution is -0.142. The number of carboxylic acid groups (broad SMARTS) is 3. The lowest BCUT2D eigenvalue weighted by atomic mass is 9.97. The second-order valence-corrected chi connectivity index (χ2v) is 35.6. The van der Waals surface area contributed by atoms with E-state index in [4.69, 9.17) is 28.0 Å². The van der Waals surface area contributed by atoms with Crippen LogP contribution in [0.15, 0.2) is 171 Å². The maximum absolute atomic E-state index is 15.7. The van der Waals surface area contributed by atoms with Gasteiger partial charge in [-0.25, -0.2) is 15.2 Å². The maximum Gasteiger partial charge on any atom is 0.330 e. The van der Waals surface area contributed by atoms with Crippen molar-refractivity contribution in [1.29, 1.82) is 10.8 Å². The topological polar surface area (TPSA) is 663 Å². The number of aromatic amines is 3. The standard InChI is InChI=1S/C96H122N26O18S/c1-141-44-32-73(111-89(135)75(47-63-50-105-69-23-9-7-21-67(63)69)112-85(131)71(25-12-33-103-94(97)98)109-88(134)74(46-62-19-11-18-59-15-5-6-20-66(59)62)108-80(123)53-118-36-38-119(54-81(124)125)40-42-121(56-83(128)129)43-41-120(39-37-118)55-82(126)127)87(133)114-77(49-65-52-102-57-107-65)91(137)110-72(26-13-34-104-95(99)100)86(132)113-76(48-64-51-106-70-24-10-8-22-68(64)70)90(136)115-78(93(139)122-35-14-27-79(122)92(138)116-117-96(101)140)45-58-28-30-61(31-29-58)84(130)60-16-3-2-4-17-60/h2-11,15-24,28-31,50-52,57,71-79,105-106H,12-14,25-27,32-49,53-56H2,1H3,(H,102,107)(H,108,123)(H,109,134)(H,110,137)(H,111,135)(H,112,131)(H,113,132)(H,114,133)(H,115,136)(H,116,138)(H,124,125)(H,126,127)(H,128,129)(H4,97,98,103)(H4,99,100,104)(H3,101,117,140)/t71-,72+,73-,74?,75-,76-,77-,78-,79-/m0/s1. The van der Waals surface area contributed by atoms with Gasteiger partial charge in [0, 0.05) is 161 Å². The highest BCUT2D eigenvalue weighted by Crippen LogP contribution is 2.26. The quantitative estimate of drug-likeness (QED) is 0.00758. The van der Waals surface area contributed by atoms with Crippen molar-refractivity contribution in [3.8, 4) is 0 Å². The Hall–Kier alpha value is -15.4. The first-order valence-electron chi connectivity index (χ1n) is 46.3. The lowest BCUT2D eigenvalue weighted by Crippen LogP contribution is -2.61. The summed E-state index contributed by atoms with van der Waals surface area (Å²) < 4.78 is 0. The van der Waals surface area contributed by atoms with Crippen LogP contribution in [0.1, 0.15) is 88.8 Å². The van der Waals surface area contributed by atoms with E-state index in [1.807, 2.05) is 29.7 Å². The second kappa shape index (κ2) is 53.0. The van der Waals surface area contributed by atoms with Gasteiger partial charge < -0.3 is 106 Å². The number of ketones is 1. The minimum Gasteiger partial charge on any atom is -0.480 e. The molecule has 2 aliphatic heterocycles. The van der Waals surface area contributed by atoms with Gasteiger partial charge in [-0.3, -0.25) is 103 Å². The van der Waals surface area contributed by atoms with Gasteiger partial charge in [-0.1, -0.05) is 133 Å². The molecular formula is C96H122N26O18S. The van der Waals surface area contributed by atoms with Gasteiger partial charge in [0.1, 0.15) is 54.4 Å². The van der Waals surface area contributed by atoms with Crippen molar-refractivity contribution in [2.75, 3.05) is 110 Å². The molecule has 141 heavy (non-hydrogen) atoms. The molecular weight excluding hydrogens is 1840 g/mol. The summed E-state index contributed by atoms with van der Waals surface area (Å²) in [5.41, 5.74) is 25.5. The molecule has 11 rings (SSSR count). The zero-order valence-electron chi connectivity index (χ0n) is 77.9. The third-order valence-electron chi connectivity index (χ3n) is 24.3. The van der Waals surface area contributed by atoms with Crippen LogP contribution in [-0.2, 0) is 94.4 Å². The number of primary amides is 1. The number of aromatic nitrogens is 4. The summed E-state index contributed by atoms with van der Waals surface area (Å²) in [5, 5.41) is 76.6. The number of nitrogens with two attached hydrogens (primary N) is 3. The van der Waals surface area contributed by atoms with Gasteiger partial charge in [-0.05, 0) is 102 Å². The fraction of sp³-hybridized carbons (Fsp3) is 0.396. The highest BCUT2D eigenvalue weighted by Gasteiger charge is 2.41. The number of carbonyl (C=O) groups is 15. The van der Waals surface area contributed by atoms with Gasteiger partial charge in [0.05, 0.1) is 32.5 Å². The van der Waals surface area contributed by atoms with Crippen LogP contribution in [0, 0.1) is 10.8 Å². The van der Waals surface area contributed by atoms with Gasteiger partial charge in [-0.2, -0.15) is 11.8 Å². The highest BCUT2D eigenvalue weighted by molar-refractivity contribution is 7.98. The van der Waals surface area contributed by atoms with E-state index < -0.39 is 169 Å². The number of hydrogen-bond acceptors (Lipinski definition) is 23. The van der Waals surface area contributed by atoms with E-state index in [1.165, 1.54) is 29.2 Å². The molecule has 0 spiro atoms. The summed E-state index contributed by atoms with van der Waals surface area (Å²) in [7, 11) is 0. The molecule has 5 heterocycles. The van der Waals surface area contributed by atoms with Gasteiger partial charge in [-0.15, -0.1) is 0 Å². The predicted molar refractivity (Wildman–Crippen MR) is 525 cm³/mol.